The Morgan fingerprint density at radius 3 is 2.00 bits per heavy atom. The van der Waals surface area contributed by atoms with Crippen molar-refractivity contribution in [2.24, 2.45) is 0 Å². The highest BCUT2D eigenvalue weighted by molar-refractivity contribution is 5.75. The number of Topliss-reactive ketones (excluding diaryl/α,β-unsaturated/α-hetero) is 1. The van der Waals surface area contributed by atoms with Gasteiger partial charge >= 0.3 is 0 Å². The van der Waals surface area contributed by atoms with Crippen LogP contribution in [0.25, 0.3) is 0 Å². The van der Waals surface area contributed by atoms with Crippen LogP contribution in [0.15, 0.2) is 0 Å². The highest BCUT2D eigenvalue weighted by Crippen LogP contribution is 1.84. The number of carbonyl (C=O) groups excluding carboxylic acids is 1. The van der Waals surface area contributed by atoms with Gasteiger partial charge in [-0.15, -0.1) is 0 Å². The summed E-state index contributed by atoms with van der Waals surface area (Å²) in [5.74, 6) is 0.289. The third kappa shape index (κ3) is 10.7. The fraction of sp³-hybridized carbons (Fsp3) is 0.800. The summed E-state index contributed by atoms with van der Waals surface area (Å²) >= 11 is 0. The summed E-state index contributed by atoms with van der Waals surface area (Å²) in [6, 6.07) is 0. The molecule has 1 nitrogen and oxygen atoms in total. The van der Waals surface area contributed by atoms with Crippen molar-refractivity contribution < 1.29 is 17.2 Å². The molecule has 0 aromatic carbocycles. The zero-order valence-corrected chi connectivity index (χ0v) is 5.46. The maximum Gasteiger partial charge on any atom is 0.129 e. The quantitative estimate of drug-likeness (QED) is 0.429. The van der Waals surface area contributed by atoms with Gasteiger partial charge in [-0.05, 0) is 13.3 Å². The van der Waals surface area contributed by atoms with Gasteiger partial charge in [-0.25, -0.2) is 0 Å². The monoisotopic (exact) mass is 121 g/mol. The average molecular weight is 122 g/mol. The zero-order chi connectivity index (χ0) is 4.99. The molecule has 0 bridgehead atoms. The second-order valence-electron chi connectivity index (χ2n) is 1.45. The summed E-state index contributed by atoms with van der Waals surface area (Å²) in [4.78, 5) is 10.0. The first-order valence-electron chi connectivity index (χ1n) is 2.26. The van der Waals surface area contributed by atoms with Crippen molar-refractivity contribution in [2.75, 3.05) is 0 Å². The molecule has 0 atom stereocenters. The van der Waals surface area contributed by atoms with Gasteiger partial charge < -0.3 is 17.2 Å². The van der Waals surface area contributed by atoms with Crippen molar-refractivity contribution in [3.05, 3.63) is 0 Å². The van der Waals surface area contributed by atoms with Gasteiger partial charge in [0.1, 0.15) is 5.78 Å². The molecule has 0 aromatic heterocycles. The Hall–Kier alpha value is -0.0400. The van der Waals surface area contributed by atoms with Crippen LogP contribution in [0.1, 0.15) is 26.7 Å². The molecule has 0 fully saturated rings. The molecule has 0 N–H and O–H groups in total. The summed E-state index contributed by atoms with van der Waals surface area (Å²) < 4.78 is 0. The molecule has 0 heterocycles. The van der Waals surface area contributed by atoms with Crippen LogP contribution in [0.3, 0.4) is 0 Å². The highest BCUT2D eigenvalue weighted by atomic mass is 35.5. The van der Waals surface area contributed by atoms with Gasteiger partial charge in [0.2, 0.25) is 0 Å². The Morgan fingerprint density at radius 2 is 2.00 bits per heavy atom. The largest absolute Gasteiger partial charge is 1.00 e. The number of ketones is 1. The van der Waals surface area contributed by atoms with Gasteiger partial charge in [-0.1, -0.05) is 6.92 Å². The standard InChI is InChI=1S/C5H10O.ClH/c1-3-4-5(2)6;/h3-4H2,1-2H3;1H/p-1. The second kappa shape index (κ2) is 5.96. The molecule has 0 rings (SSSR count). The van der Waals surface area contributed by atoms with Crippen LogP contribution in [0, 0.1) is 0 Å². The van der Waals surface area contributed by atoms with Gasteiger partial charge in [0.05, 0.1) is 0 Å². The predicted molar refractivity (Wildman–Crippen MR) is 25.6 cm³/mol. The normalized spacial score (nSPS) is 7.14. The number of rotatable bonds is 2. The first-order valence-corrected chi connectivity index (χ1v) is 2.26. The fourth-order valence-corrected chi connectivity index (χ4v) is 0.352. The molecule has 0 aliphatic heterocycles. The predicted octanol–water partition coefficient (Wildman–Crippen LogP) is -1.62. The van der Waals surface area contributed by atoms with Crippen molar-refractivity contribution in [2.45, 2.75) is 26.7 Å². The lowest BCUT2D eigenvalue weighted by Crippen LogP contribution is -3.00. The van der Waals surface area contributed by atoms with Crippen LogP contribution in [0.4, 0.5) is 0 Å². The van der Waals surface area contributed by atoms with Crippen molar-refractivity contribution in [3.8, 4) is 0 Å². The topological polar surface area (TPSA) is 17.1 Å². The lowest BCUT2D eigenvalue weighted by Gasteiger charge is -1.80. The summed E-state index contributed by atoms with van der Waals surface area (Å²) in [5, 5.41) is 0. The minimum Gasteiger partial charge on any atom is -1.00 e. The third-order valence-electron chi connectivity index (χ3n) is 0.602. The molecule has 0 aliphatic rings. The Kier molecular flexibility index (Phi) is 8.56. The fourth-order valence-electron chi connectivity index (χ4n) is 0.352. The Balaban J connectivity index is 0. The van der Waals surface area contributed by atoms with E-state index in [4.69, 9.17) is 0 Å². The summed E-state index contributed by atoms with van der Waals surface area (Å²) in [7, 11) is 0. The first kappa shape index (κ1) is 10.0. The van der Waals surface area contributed by atoms with E-state index in [2.05, 4.69) is 0 Å². The summed E-state index contributed by atoms with van der Waals surface area (Å²) in [6.45, 7) is 3.62. The molecular weight excluding hydrogens is 112 g/mol. The molecule has 2 heteroatoms. The molecule has 0 aromatic rings. The van der Waals surface area contributed by atoms with Crippen molar-refractivity contribution >= 4 is 5.78 Å². The third-order valence-corrected chi connectivity index (χ3v) is 0.602. The Bertz CT molecular complexity index is 52.0. The molecule has 7 heavy (non-hydrogen) atoms. The molecule has 0 saturated carbocycles. The molecule has 0 unspecified atom stereocenters. The van der Waals surface area contributed by atoms with E-state index in [1.165, 1.54) is 0 Å². The van der Waals surface area contributed by atoms with Gasteiger partial charge in [0.25, 0.3) is 0 Å². The smallest absolute Gasteiger partial charge is 0.129 e. The zero-order valence-electron chi connectivity index (χ0n) is 4.70. The SMILES string of the molecule is CCCC(C)=O.[Cl-]. The second-order valence-corrected chi connectivity index (χ2v) is 1.45. The molecular formula is C5H10ClO-. The Morgan fingerprint density at radius 1 is 1.57 bits per heavy atom. The van der Waals surface area contributed by atoms with Crippen LogP contribution < -0.4 is 12.4 Å². The number of hydrogen-bond acceptors (Lipinski definition) is 1. The van der Waals surface area contributed by atoms with Crippen LogP contribution in [0.5, 0.6) is 0 Å². The van der Waals surface area contributed by atoms with E-state index >= 15 is 0 Å². The number of carbonyl (C=O) groups is 1. The van der Waals surface area contributed by atoms with Crippen molar-refractivity contribution in [1.82, 2.24) is 0 Å². The van der Waals surface area contributed by atoms with Gasteiger partial charge in [-0.2, -0.15) is 0 Å². The minimum absolute atomic E-state index is 0. The average Bonchev–Trinajstić information content (AvgIpc) is 1.35. The number of halogens is 1. The van der Waals surface area contributed by atoms with Crippen molar-refractivity contribution in [1.29, 1.82) is 0 Å². The summed E-state index contributed by atoms with van der Waals surface area (Å²) in [5.41, 5.74) is 0. The first-order chi connectivity index (χ1) is 2.77. The van der Waals surface area contributed by atoms with Crippen LogP contribution in [-0.2, 0) is 4.79 Å². The van der Waals surface area contributed by atoms with Crippen molar-refractivity contribution in [3.63, 3.8) is 0 Å². The molecule has 0 radical (unpaired) electrons. The van der Waals surface area contributed by atoms with E-state index in [0.29, 0.717) is 0 Å². The van der Waals surface area contributed by atoms with Gasteiger partial charge in [0, 0.05) is 6.42 Å². The molecule has 0 amide bonds. The van der Waals surface area contributed by atoms with Gasteiger partial charge in [0.15, 0.2) is 0 Å². The number of hydrogen-bond donors (Lipinski definition) is 0. The van der Waals surface area contributed by atoms with Crippen LogP contribution in [0.2, 0.25) is 0 Å². The lowest BCUT2D eigenvalue weighted by molar-refractivity contribution is -0.117. The van der Waals surface area contributed by atoms with Gasteiger partial charge in [-0.3, -0.25) is 0 Å². The Labute approximate surface area is 50.5 Å². The van der Waals surface area contributed by atoms with E-state index in [1.807, 2.05) is 6.92 Å². The van der Waals surface area contributed by atoms with Crippen LogP contribution in [-0.4, -0.2) is 5.78 Å². The maximum atomic E-state index is 10.0. The maximum absolute atomic E-state index is 10.0. The molecule has 0 spiro atoms. The molecule has 0 aliphatic carbocycles. The van der Waals surface area contributed by atoms with E-state index in [1.54, 1.807) is 6.92 Å². The van der Waals surface area contributed by atoms with E-state index in [0.717, 1.165) is 12.8 Å². The highest BCUT2D eigenvalue weighted by Gasteiger charge is 1.83. The van der Waals surface area contributed by atoms with E-state index in [9.17, 15) is 4.79 Å². The van der Waals surface area contributed by atoms with E-state index in [-0.39, 0.29) is 18.2 Å². The van der Waals surface area contributed by atoms with Crippen LogP contribution >= 0.6 is 0 Å². The lowest BCUT2D eigenvalue weighted by atomic mass is 10.3. The summed E-state index contributed by atoms with van der Waals surface area (Å²) in [6.07, 6.45) is 1.72. The molecule has 44 valence electrons. The molecule has 0 saturated heterocycles. The van der Waals surface area contributed by atoms with E-state index < -0.39 is 0 Å². The minimum atomic E-state index is 0.